The van der Waals surface area contributed by atoms with Crippen molar-refractivity contribution in [2.75, 3.05) is 19.7 Å². The number of amides is 2. The number of aryl methyl sites for hydroxylation is 1. The summed E-state index contributed by atoms with van der Waals surface area (Å²) < 4.78 is 10.9. The maximum atomic E-state index is 13.5. The number of rotatable bonds is 3. The number of carbonyl (C=O) groups is 2. The number of ether oxygens (including phenoxy) is 1. The lowest BCUT2D eigenvalue weighted by Gasteiger charge is -2.31. The molecule has 29 heavy (non-hydrogen) atoms. The van der Waals surface area contributed by atoms with E-state index in [9.17, 15) is 9.59 Å². The van der Waals surface area contributed by atoms with Crippen molar-refractivity contribution < 1.29 is 18.8 Å². The van der Waals surface area contributed by atoms with Gasteiger partial charge in [-0.05, 0) is 31.4 Å². The average molecular weight is 396 g/mol. The fraction of sp³-hybridized carbons (Fsp3) is 0.524. The van der Waals surface area contributed by atoms with Crippen LogP contribution in [0.25, 0.3) is 11.4 Å². The highest BCUT2D eigenvalue weighted by Gasteiger charge is 2.50. The Morgan fingerprint density at radius 2 is 2.03 bits per heavy atom. The minimum atomic E-state index is -0.452. The highest BCUT2D eigenvalue weighted by molar-refractivity contribution is 5.99. The van der Waals surface area contributed by atoms with E-state index in [0.29, 0.717) is 35.9 Å². The van der Waals surface area contributed by atoms with E-state index >= 15 is 0 Å². The van der Waals surface area contributed by atoms with Crippen LogP contribution in [0.15, 0.2) is 28.8 Å². The van der Waals surface area contributed by atoms with Crippen molar-refractivity contribution in [2.45, 2.75) is 50.8 Å². The minimum Gasteiger partial charge on any atom is -0.376 e. The molecular weight excluding hydrogens is 372 g/mol. The number of hydrogen-bond donors (Lipinski definition) is 0. The molecule has 2 amide bonds. The van der Waals surface area contributed by atoms with Gasteiger partial charge in [-0.3, -0.25) is 9.59 Å². The van der Waals surface area contributed by atoms with Crippen LogP contribution in [0.5, 0.6) is 0 Å². The van der Waals surface area contributed by atoms with Gasteiger partial charge in [0.05, 0.1) is 12.1 Å². The van der Waals surface area contributed by atoms with E-state index in [1.165, 1.54) is 0 Å². The van der Waals surface area contributed by atoms with Crippen LogP contribution in [-0.4, -0.2) is 69.6 Å². The zero-order valence-electron chi connectivity index (χ0n) is 16.4. The molecule has 0 aliphatic carbocycles. The first-order valence-electron chi connectivity index (χ1n) is 10.3. The molecule has 3 fully saturated rings. The van der Waals surface area contributed by atoms with E-state index in [1.807, 2.05) is 17.0 Å². The number of likely N-dealkylation sites (tertiary alicyclic amines) is 2. The van der Waals surface area contributed by atoms with Crippen molar-refractivity contribution >= 4 is 11.8 Å². The summed E-state index contributed by atoms with van der Waals surface area (Å²) in [6, 6.07) is 6.71. The summed E-state index contributed by atoms with van der Waals surface area (Å²) in [5, 5.41) is 3.94. The highest BCUT2D eigenvalue weighted by Crippen LogP contribution is 2.36. The lowest BCUT2D eigenvalue weighted by molar-refractivity contribution is -0.134. The predicted octanol–water partition coefficient (Wildman–Crippen LogP) is 2.04. The SMILES string of the molecule is Cc1nc(-c2cccc(C(=O)N3[C@H](C(=O)N4CCCC4)C[C@@H]4OCC[C@@H]43)c2)no1. The molecule has 4 heterocycles. The summed E-state index contributed by atoms with van der Waals surface area (Å²) in [7, 11) is 0. The Morgan fingerprint density at radius 3 is 2.79 bits per heavy atom. The summed E-state index contributed by atoms with van der Waals surface area (Å²) in [6.07, 6.45) is 3.35. The van der Waals surface area contributed by atoms with Crippen LogP contribution in [0.2, 0.25) is 0 Å². The number of fused-ring (bicyclic) bond motifs is 1. The molecule has 0 radical (unpaired) electrons. The van der Waals surface area contributed by atoms with Gasteiger partial charge in [-0.15, -0.1) is 0 Å². The lowest BCUT2D eigenvalue weighted by Crippen LogP contribution is -2.49. The second-order valence-corrected chi connectivity index (χ2v) is 7.98. The van der Waals surface area contributed by atoms with E-state index in [1.54, 1.807) is 24.0 Å². The molecule has 3 aliphatic rings. The van der Waals surface area contributed by atoms with Crippen LogP contribution >= 0.6 is 0 Å². The van der Waals surface area contributed by atoms with Crippen LogP contribution in [0.4, 0.5) is 0 Å². The monoisotopic (exact) mass is 396 g/mol. The van der Waals surface area contributed by atoms with Crippen LogP contribution in [0, 0.1) is 6.92 Å². The Bertz CT molecular complexity index is 936. The summed E-state index contributed by atoms with van der Waals surface area (Å²) in [5.74, 6) is 0.838. The van der Waals surface area contributed by atoms with Crippen LogP contribution in [0.3, 0.4) is 0 Å². The van der Waals surface area contributed by atoms with E-state index < -0.39 is 6.04 Å². The second kappa shape index (κ2) is 7.26. The molecule has 8 nitrogen and oxygen atoms in total. The van der Waals surface area contributed by atoms with Gasteiger partial charge in [0, 0.05) is 44.2 Å². The van der Waals surface area contributed by atoms with Gasteiger partial charge in [-0.25, -0.2) is 0 Å². The van der Waals surface area contributed by atoms with Crippen molar-refractivity contribution in [3.05, 3.63) is 35.7 Å². The Balaban J connectivity index is 1.45. The predicted molar refractivity (Wildman–Crippen MR) is 103 cm³/mol. The zero-order chi connectivity index (χ0) is 20.0. The molecule has 0 saturated carbocycles. The molecule has 1 aromatic carbocycles. The first-order valence-corrected chi connectivity index (χ1v) is 10.3. The summed E-state index contributed by atoms with van der Waals surface area (Å²) >= 11 is 0. The van der Waals surface area contributed by atoms with E-state index in [0.717, 1.165) is 32.4 Å². The molecule has 8 heteroatoms. The molecule has 3 aliphatic heterocycles. The smallest absolute Gasteiger partial charge is 0.254 e. The number of hydrogen-bond acceptors (Lipinski definition) is 6. The molecule has 0 bridgehead atoms. The molecule has 0 N–H and O–H groups in total. The second-order valence-electron chi connectivity index (χ2n) is 7.98. The van der Waals surface area contributed by atoms with Crippen molar-refractivity contribution in [2.24, 2.45) is 0 Å². The molecule has 0 spiro atoms. The van der Waals surface area contributed by atoms with Crippen molar-refractivity contribution in [3.63, 3.8) is 0 Å². The Kier molecular flexibility index (Phi) is 4.58. The first-order chi connectivity index (χ1) is 14.1. The molecule has 3 atom stereocenters. The normalized spacial score (nSPS) is 26.2. The number of nitrogens with zero attached hydrogens (tertiary/aromatic N) is 4. The third-order valence-electron chi connectivity index (χ3n) is 6.16. The highest BCUT2D eigenvalue weighted by atomic mass is 16.5. The van der Waals surface area contributed by atoms with Crippen LogP contribution < -0.4 is 0 Å². The zero-order valence-corrected chi connectivity index (χ0v) is 16.4. The van der Waals surface area contributed by atoms with Crippen LogP contribution in [-0.2, 0) is 9.53 Å². The van der Waals surface area contributed by atoms with Gasteiger partial charge in [-0.2, -0.15) is 4.98 Å². The third-order valence-corrected chi connectivity index (χ3v) is 6.16. The molecule has 0 unspecified atom stereocenters. The summed E-state index contributed by atoms with van der Waals surface area (Å²) in [5.41, 5.74) is 1.24. The van der Waals surface area contributed by atoms with Gasteiger partial charge < -0.3 is 19.1 Å². The summed E-state index contributed by atoms with van der Waals surface area (Å²) in [4.78, 5) is 34.6. The fourth-order valence-corrected chi connectivity index (χ4v) is 4.76. The van der Waals surface area contributed by atoms with Crippen molar-refractivity contribution in [1.29, 1.82) is 0 Å². The van der Waals surface area contributed by atoms with Gasteiger partial charge in [0.2, 0.25) is 17.6 Å². The molecule has 5 rings (SSSR count). The Hall–Kier alpha value is -2.74. The lowest BCUT2D eigenvalue weighted by atomic mass is 10.1. The third kappa shape index (κ3) is 3.21. The maximum Gasteiger partial charge on any atom is 0.254 e. The van der Waals surface area contributed by atoms with Crippen LogP contribution in [0.1, 0.15) is 41.9 Å². The van der Waals surface area contributed by atoms with Gasteiger partial charge in [0.15, 0.2) is 0 Å². The van der Waals surface area contributed by atoms with Gasteiger partial charge in [0.1, 0.15) is 6.04 Å². The minimum absolute atomic E-state index is 0.0462. The van der Waals surface area contributed by atoms with E-state index in [-0.39, 0.29) is 24.0 Å². The number of carbonyl (C=O) groups excluding carboxylic acids is 2. The molecular formula is C21H24N4O4. The molecule has 2 aromatic rings. The quantitative estimate of drug-likeness (QED) is 0.789. The fourth-order valence-electron chi connectivity index (χ4n) is 4.76. The topological polar surface area (TPSA) is 88.8 Å². The van der Waals surface area contributed by atoms with Gasteiger partial charge in [-0.1, -0.05) is 17.3 Å². The molecule has 152 valence electrons. The van der Waals surface area contributed by atoms with E-state index in [4.69, 9.17) is 9.26 Å². The van der Waals surface area contributed by atoms with Crippen molar-refractivity contribution in [3.8, 4) is 11.4 Å². The first kappa shape index (κ1) is 18.3. The maximum absolute atomic E-state index is 13.5. The number of benzene rings is 1. The summed E-state index contributed by atoms with van der Waals surface area (Å²) in [6.45, 7) is 3.91. The van der Waals surface area contributed by atoms with Gasteiger partial charge in [0.25, 0.3) is 5.91 Å². The van der Waals surface area contributed by atoms with Gasteiger partial charge >= 0.3 is 0 Å². The standard InChI is InChI=1S/C21H24N4O4/c1-13-22-19(23-29-13)14-5-4-6-15(11-14)20(26)25-16-7-10-28-18(16)12-17(25)21(27)24-8-2-3-9-24/h4-6,11,16-18H,2-3,7-10,12H2,1H3/t16-,17-,18-/m0/s1. The van der Waals surface area contributed by atoms with Crippen molar-refractivity contribution in [1.82, 2.24) is 19.9 Å². The number of aromatic nitrogens is 2. The largest absolute Gasteiger partial charge is 0.376 e. The molecule has 3 saturated heterocycles. The Morgan fingerprint density at radius 1 is 1.21 bits per heavy atom. The average Bonchev–Trinajstić information content (AvgIpc) is 3.50. The van der Waals surface area contributed by atoms with E-state index in [2.05, 4.69) is 10.1 Å². The Labute approximate surface area is 168 Å². The molecule has 1 aromatic heterocycles.